The standard InChI is InChI=1S/C19H37N2O11P/c1-4-14(32-33(26,27)28-3)12-30-19(25)20-8-6-5-7-9-29-18-15(21-13(2)23)10-16(24)17(11-22)31-18/h14-18,22,24H,4-12H2,1-3H3,(H,20,25)(H,21,23)(H,26,27)/t14-,15+,16+,17+,18?/m0/s1. The van der Waals surface area contributed by atoms with E-state index in [0.717, 1.165) is 13.5 Å². The minimum absolute atomic E-state index is 0.190. The highest BCUT2D eigenvalue weighted by Crippen LogP contribution is 2.43. The number of ether oxygens (including phenoxy) is 3. The molecule has 2 amide bonds. The molecule has 0 aromatic heterocycles. The molecular formula is C19H37N2O11P. The second-order valence-corrected chi connectivity index (χ2v) is 9.09. The van der Waals surface area contributed by atoms with E-state index in [1.807, 2.05) is 0 Å². The number of amides is 2. The van der Waals surface area contributed by atoms with Crippen molar-refractivity contribution in [3.63, 3.8) is 0 Å². The van der Waals surface area contributed by atoms with Crippen LogP contribution < -0.4 is 10.6 Å². The van der Waals surface area contributed by atoms with Gasteiger partial charge >= 0.3 is 13.9 Å². The Kier molecular flexibility index (Phi) is 14.0. The maximum Gasteiger partial charge on any atom is 0.472 e. The molecule has 0 aliphatic carbocycles. The van der Waals surface area contributed by atoms with E-state index >= 15 is 0 Å². The summed E-state index contributed by atoms with van der Waals surface area (Å²) < 4.78 is 36.8. The zero-order valence-corrected chi connectivity index (χ0v) is 20.2. The van der Waals surface area contributed by atoms with Crippen molar-refractivity contribution in [2.24, 2.45) is 0 Å². The summed E-state index contributed by atoms with van der Waals surface area (Å²) in [5.41, 5.74) is 0. The molecule has 0 bridgehead atoms. The average molecular weight is 500 g/mol. The van der Waals surface area contributed by atoms with Gasteiger partial charge in [-0.3, -0.25) is 13.8 Å². The fourth-order valence-corrected chi connectivity index (χ4v) is 3.73. The Morgan fingerprint density at radius 2 is 2.00 bits per heavy atom. The number of phosphoric ester groups is 1. The van der Waals surface area contributed by atoms with Crippen LogP contribution in [0.4, 0.5) is 4.79 Å². The summed E-state index contributed by atoms with van der Waals surface area (Å²) in [7, 11) is -3.10. The summed E-state index contributed by atoms with van der Waals surface area (Å²) in [5.74, 6) is -0.273. The van der Waals surface area contributed by atoms with Gasteiger partial charge in [0.15, 0.2) is 6.29 Å². The number of nitrogens with one attached hydrogen (secondary N) is 2. The van der Waals surface area contributed by atoms with Crippen LogP contribution in [0.2, 0.25) is 0 Å². The lowest BCUT2D eigenvalue weighted by atomic mass is 10.0. The molecule has 194 valence electrons. The van der Waals surface area contributed by atoms with E-state index in [2.05, 4.69) is 15.2 Å². The predicted molar refractivity (Wildman–Crippen MR) is 115 cm³/mol. The topological polar surface area (TPSA) is 182 Å². The number of hydrogen-bond donors (Lipinski definition) is 5. The molecule has 1 heterocycles. The monoisotopic (exact) mass is 500 g/mol. The van der Waals surface area contributed by atoms with E-state index < -0.39 is 44.6 Å². The van der Waals surface area contributed by atoms with Crippen LogP contribution in [0.25, 0.3) is 0 Å². The van der Waals surface area contributed by atoms with Crippen LogP contribution in [0, 0.1) is 0 Å². The Bertz CT molecular complexity index is 639. The number of hydrogen-bond acceptors (Lipinski definition) is 10. The lowest BCUT2D eigenvalue weighted by Gasteiger charge is -2.38. The quantitative estimate of drug-likeness (QED) is 0.155. The number of rotatable bonds is 15. The average Bonchev–Trinajstić information content (AvgIpc) is 2.76. The maximum absolute atomic E-state index is 11.7. The first-order chi connectivity index (χ1) is 15.6. The van der Waals surface area contributed by atoms with E-state index in [0.29, 0.717) is 32.4 Å². The van der Waals surface area contributed by atoms with Crippen LogP contribution in [0.1, 0.15) is 46.0 Å². The van der Waals surface area contributed by atoms with Gasteiger partial charge in [-0.25, -0.2) is 9.36 Å². The first kappa shape index (κ1) is 29.7. The molecule has 33 heavy (non-hydrogen) atoms. The third kappa shape index (κ3) is 12.1. The maximum atomic E-state index is 11.7. The molecule has 14 heteroatoms. The number of carbonyl (C=O) groups excluding carboxylic acids is 2. The van der Waals surface area contributed by atoms with Gasteiger partial charge < -0.3 is 40.0 Å². The Hall–Kier alpha value is -1.31. The first-order valence-corrected chi connectivity index (χ1v) is 12.4. The van der Waals surface area contributed by atoms with Crippen molar-refractivity contribution in [1.29, 1.82) is 0 Å². The molecule has 2 unspecified atom stereocenters. The van der Waals surface area contributed by atoms with Crippen LogP contribution in [0.3, 0.4) is 0 Å². The highest BCUT2D eigenvalue weighted by atomic mass is 31.2. The summed E-state index contributed by atoms with van der Waals surface area (Å²) in [6.07, 6.45) is -1.27. The second kappa shape index (κ2) is 15.6. The predicted octanol–water partition coefficient (Wildman–Crippen LogP) is 0.414. The van der Waals surface area contributed by atoms with Gasteiger partial charge in [0, 0.05) is 33.6 Å². The molecule has 0 spiro atoms. The van der Waals surface area contributed by atoms with Gasteiger partial charge in [-0.05, 0) is 25.7 Å². The zero-order chi connectivity index (χ0) is 24.9. The van der Waals surface area contributed by atoms with Gasteiger partial charge in [-0.1, -0.05) is 6.92 Å². The third-order valence-electron chi connectivity index (χ3n) is 4.87. The van der Waals surface area contributed by atoms with Crippen molar-refractivity contribution >= 4 is 19.8 Å². The lowest BCUT2D eigenvalue weighted by Crippen LogP contribution is -2.56. The van der Waals surface area contributed by atoms with Gasteiger partial charge in [-0.15, -0.1) is 0 Å². The van der Waals surface area contributed by atoms with Crippen LogP contribution >= 0.6 is 7.82 Å². The Labute approximate surface area is 193 Å². The molecule has 1 saturated heterocycles. The van der Waals surface area contributed by atoms with Crippen molar-refractivity contribution in [3.8, 4) is 0 Å². The molecule has 1 aliphatic rings. The number of aliphatic hydroxyl groups excluding tert-OH is 2. The minimum Gasteiger partial charge on any atom is -0.447 e. The van der Waals surface area contributed by atoms with Crippen molar-refractivity contribution < 1.29 is 52.5 Å². The molecule has 1 aliphatic heterocycles. The Morgan fingerprint density at radius 1 is 1.27 bits per heavy atom. The van der Waals surface area contributed by atoms with Gasteiger partial charge in [0.1, 0.15) is 18.8 Å². The van der Waals surface area contributed by atoms with E-state index in [-0.39, 0.29) is 25.5 Å². The largest absolute Gasteiger partial charge is 0.472 e. The molecule has 0 radical (unpaired) electrons. The number of unbranched alkanes of at least 4 members (excludes halogenated alkanes) is 2. The van der Waals surface area contributed by atoms with Crippen molar-refractivity contribution in [3.05, 3.63) is 0 Å². The van der Waals surface area contributed by atoms with Crippen LogP contribution in [-0.4, -0.2) is 91.2 Å². The lowest BCUT2D eigenvalue weighted by molar-refractivity contribution is -0.241. The second-order valence-electron chi connectivity index (χ2n) is 7.58. The van der Waals surface area contributed by atoms with E-state index in [1.54, 1.807) is 6.92 Å². The van der Waals surface area contributed by atoms with E-state index in [1.165, 1.54) is 6.92 Å². The summed E-state index contributed by atoms with van der Waals surface area (Å²) in [4.78, 5) is 32.4. The van der Waals surface area contributed by atoms with Gasteiger partial charge in [0.2, 0.25) is 5.91 Å². The number of alkyl carbamates (subject to hydrolysis) is 1. The van der Waals surface area contributed by atoms with Crippen LogP contribution in [-0.2, 0) is 32.6 Å². The SMILES string of the molecule is CC[C@@H](COC(=O)NCCCCCOC1O[C@H](CO)[C@H](O)C[C@H]1NC(C)=O)OP(=O)(O)OC. The minimum atomic E-state index is -4.15. The molecule has 1 fully saturated rings. The summed E-state index contributed by atoms with van der Waals surface area (Å²) in [5, 5.41) is 24.5. The zero-order valence-electron chi connectivity index (χ0n) is 19.3. The molecule has 6 atom stereocenters. The normalized spacial score (nSPS) is 25.6. The van der Waals surface area contributed by atoms with Gasteiger partial charge in [0.25, 0.3) is 0 Å². The summed E-state index contributed by atoms with van der Waals surface area (Å²) >= 11 is 0. The number of phosphoric acid groups is 1. The van der Waals surface area contributed by atoms with Crippen LogP contribution in [0.15, 0.2) is 0 Å². The first-order valence-electron chi connectivity index (χ1n) is 10.9. The number of aliphatic hydroxyl groups is 2. The van der Waals surface area contributed by atoms with Crippen molar-refractivity contribution in [1.82, 2.24) is 10.6 Å². The van der Waals surface area contributed by atoms with Crippen LogP contribution in [0.5, 0.6) is 0 Å². The van der Waals surface area contributed by atoms with Gasteiger partial charge in [-0.2, -0.15) is 0 Å². The highest BCUT2D eigenvalue weighted by Gasteiger charge is 2.38. The summed E-state index contributed by atoms with van der Waals surface area (Å²) in [6.45, 7) is 3.22. The fraction of sp³-hybridized carbons (Fsp3) is 0.895. The molecule has 1 rings (SSSR count). The molecule has 0 aromatic rings. The summed E-state index contributed by atoms with van der Waals surface area (Å²) in [6, 6.07) is -0.517. The fourth-order valence-electron chi connectivity index (χ4n) is 3.06. The third-order valence-corrected chi connectivity index (χ3v) is 5.90. The van der Waals surface area contributed by atoms with E-state index in [4.69, 9.17) is 18.7 Å². The number of carbonyl (C=O) groups is 2. The molecular weight excluding hydrogens is 463 g/mol. The smallest absolute Gasteiger partial charge is 0.447 e. The highest BCUT2D eigenvalue weighted by molar-refractivity contribution is 7.47. The van der Waals surface area contributed by atoms with Gasteiger partial charge in [0.05, 0.1) is 18.8 Å². The Balaban J connectivity index is 2.21. The molecule has 5 N–H and O–H groups in total. The molecule has 0 aromatic carbocycles. The Morgan fingerprint density at radius 3 is 2.61 bits per heavy atom. The molecule has 13 nitrogen and oxygen atoms in total. The van der Waals surface area contributed by atoms with Crippen molar-refractivity contribution in [2.45, 2.75) is 76.6 Å². The van der Waals surface area contributed by atoms with E-state index in [9.17, 15) is 29.3 Å². The molecule has 0 saturated carbocycles. The van der Waals surface area contributed by atoms with Crippen molar-refractivity contribution in [2.75, 3.05) is 33.5 Å².